The van der Waals surface area contributed by atoms with Crippen molar-refractivity contribution in [2.75, 3.05) is 5.32 Å². The van der Waals surface area contributed by atoms with E-state index in [0.717, 1.165) is 16.5 Å². The number of aromatic nitrogens is 2. The van der Waals surface area contributed by atoms with Crippen LogP contribution in [0.3, 0.4) is 0 Å². The minimum Gasteiger partial charge on any atom is -0.320 e. The van der Waals surface area contributed by atoms with Gasteiger partial charge in [0.15, 0.2) is 0 Å². The van der Waals surface area contributed by atoms with Gasteiger partial charge in [-0.05, 0) is 31.4 Å². The minimum absolute atomic E-state index is 0.104. The number of benzene rings is 2. The Kier molecular flexibility index (Phi) is 3.93. The zero-order valence-corrected chi connectivity index (χ0v) is 13.0. The molecule has 2 aromatic carbocycles. The predicted molar refractivity (Wildman–Crippen MR) is 90.8 cm³/mol. The van der Waals surface area contributed by atoms with Gasteiger partial charge in [0.1, 0.15) is 5.69 Å². The molecule has 0 aliphatic heterocycles. The number of amides is 1. The van der Waals surface area contributed by atoms with Gasteiger partial charge in [0, 0.05) is 17.1 Å². The number of rotatable bonds is 3. The third-order valence-corrected chi connectivity index (χ3v) is 3.58. The molecule has 0 bridgehead atoms. The van der Waals surface area contributed by atoms with Gasteiger partial charge < -0.3 is 5.32 Å². The van der Waals surface area contributed by atoms with Crippen LogP contribution in [0.4, 0.5) is 5.69 Å². The number of anilines is 1. The predicted octanol–water partition coefficient (Wildman–Crippen LogP) is 3.23. The molecule has 5 nitrogen and oxygen atoms in total. The Labute approximate surface area is 133 Å². The topological polar surface area (TPSA) is 64.0 Å². The lowest BCUT2D eigenvalue weighted by Crippen LogP contribution is -2.27. The van der Waals surface area contributed by atoms with Crippen LogP contribution in [0, 0.1) is 0 Å². The van der Waals surface area contributed by atoms with Gasteiger partial charge in [-0.25, -0.2) is 4.68 Å². The van der Waals surface area contributed by atoms with Crippen LogP contribution in [0.25, 0.3) is 10.8 Å². The molecule has 1 heterocycles. The first-order valence-corrected chi connectivity index (χ1v) is 7.45. The van der Waals surface area contributed by atoms with Crippen molar-refractivity contribution >= 4 is 22.4 Å². The molecule has 0 aliphatic rings. The highest BCUT2D eigenvalue weighted by atomic mass is 16.2. The monoisotopic (exact) mass is 307 g/mol. The summed E-state index contributed by atoms with van der Waals surface area (Å²) in [5, 5.41) is 9.02. The summed E-state index contributed by atoms with van der Waals surface area (Å²) in [5.41, 5.74) is 0.713. The Bertz CT molecular complexity index is 923. The summed E-state index contributed by atoms with van der Waals surface area (Å²) in [4.78, 5) is 24.2. The first-order chi connectivity index (χ1) is 11.1. The number of carbonyl (C=O) groups is 1. The van der Waals surface area contributed by atoms with Gasteiger partial charge in [0.05, 0.1) is 6.04 Å². The van der Waals surface area contributed by atoms with Crippen LogP contribution in [0.5, 0.6) is 0 Å². The van der Waals surface area contributed by atoms with Crippen LogP contribution < -0.4 is 10.9 Å². The highest BCUT2D eigenvalue weighted by Crippen LogP contribution is 2.23. The summed E-state index contributed by atoms with van der Waals surface area (Å²) in [6, 6.07) is 16.3. The van der Waals surface area contributed by atoms with Crippen molar-refractivity contribution < 1.29 is 4.79 Å². The number of fused-ring (bicyclic) bond motifs is 1. The van der Waals surface area contributed by atoms with Crippen LogP contribution in [-0.2, 0) is 0 Å². The molecule has 23 heavy (non-hydrogen) atoms. The van der Waals surface area contributed by atoms with Gasteiger partial charge in [-0.2, -0.15) is 5.10 Å². The Hall–Kier alpha value is -2.95. The molecule has 5 heteroatoms. The molecule has 0 aliphatic carbocycles. The van der Waals surface area contributed by atoms with Crippen molar-refractivity contribution in [1.29, 1.82) is 0 Å². The Morgan fingerprint density at radius 2 is 1.78 bits per heavy atom. The van der Waals surface area contributed by atoms with Crippen LogP contribution in [0.1, 0.15) is 30.4 Å². The van der Waals surface area contributed by atoms with Gasteiger partial charge in [-0.3, -0.25) is 9.59 Å². The number of carbonyl (C=O) groups excluding carboxylic acids is 1. The van der Waals surface area contributed by atoms with E-state index in [1.807, 2.05) is 56.3 Å². The van der Waals surface area contributed by atoms with Crippen molar-refractivity contribution in [1.82, 2.24) is 9.78 Å². The fourth-order valence-corrected chi connectivity index (χ4v) is 2.44. The van der Waals surface area contributed by atoms with E-state index in [2.05, 4.69) is 10.4 Å². The minimum atomic E-state index is -0.337. The first-order valence-electron chi connectivity index (χ1n) is 7.45. The molecule has 0 atom stereocenters. The van der Waals surface area contributed by atoms with Crippen molar-refractivity contribution in [2.24, 2.45) is 0 Å². The van der Waals surface area contributed by atoms with Crippen molar-refractivity contribution in [2.45, 2.75) is 19.9 Å². The zero-order chi connectivity index (χ0) is 16.4. The Morgan fingerprint density at radius 3 is 2.57 bits per heavy atom. The summed E-state index contributed by atoms with van der Waals surface area (Å²) in [6.45, 7) is 3.70. The van der Waals surface area contributed by atoms with Crippen LogP contribution in [0.2, 0.25) is 0 Å². The normalized spacial score (nSPS) is 10.9. The average molecular weight is 307 g/mol. The van der Waals surface area contributed by atoms with Gasteiger partial charge >= 0.3 is 0 Å². The van der Waals surface area contributed by atoms with E-state index >= 15 is 0 Å². The second kappa shape index (κ2) is 6.04. The fourth-order valence-electron chi connectivity index (χ4n) is 2.44. The molecule has 1 amide bonds. The standard InChI is InChI=1S/C18H17N3O2/c1-12(2)21-17(22)11-10-16(20-21)18(23)19-15-9-5-7-13-6-3-4-8-14(13)15/h3-12H,1-2H3,(H,19,23). The second-order valence-corrected chi connectivity index (χ2v) is 5.58. The molecule has 1 aromatic heterocycles. The smallest absolute Gasteiger partial charge is 0.276 e. The highest BCUT2D eigenvalue weighted by molar-refractivity contribution is 6.08. The molecule has 0 unspecified atom stereocenters. The molecule has 0 spiro atoms. The Balaban J connectivity index is 1.95. The lowest BCUT2D eigenvalue weighted by molar-refractivity contribution is 0.101. The van der Waals surface area contributed by atoms with Crippen LogP contribution >= 0.6 is 0 Å². The Morgan fingerprint density at radius 1 is 1.04 bits per heavy atom. The molecule has 1 N–H and O–H groups in total. The van der Waals surface area contributed by atoms with E-state index in [4.69, 9.17) is 0 Å². The number of hydrogen-bond donors (Lipinski definition) is 1. The van der Waals surface area contributed by atoms with Gasteiger partial charge in [0.25, 0.3) is 11.5 Å². The molecule has 116 valence electrons. The lowest BCUT2D eigenvalue weighted by Gasteiger charge is -2.11. The zero-order valence-electron chi connectivity index (χ0n) is 13.0. The van der Waals surface area contributed by atoms with E-state index in [1.165, 1.54) is 16.8 Å². The van der Waals surface area contributed by atoms with Gasteiger partial charge in [-0.15, -0.1) is 0 Å². The molecule has 0 saturated heterocycles. The summed E-state index contributed by atoms with van der Waals surface area (Å²) < 4.78 is 1.30. The average Bonchev–Trinajstić information content (AvgIpc) is 2.55. The molecular formula is C18H17N3O2. The van der Waals surface area contributed by atoms with E-state index < -0.39 is 0 Å². The first kappa shape index (κ1) is 15.0. The second-order valence-electron chi connectivity index (χ2n) is 5.58. The fraction of sp³-hybridized carbons (Fsp3) is 0.167. The van der Waals surface area contributed by atoms with Crippen LogP contribution in [0.15, 0.2) is 59.4 Å². The highest BCUT2D eigenvalue weighted by Gasteiger charge is 2.12. The summed E-state index contributed by atoms with van der Waals surface area (Å²) in [5.74, 6) is -0.337. The third-order valence-electron chi connectivity index (χ3n) is 3.58. The van der Waals surface area contributed by atoms with Crippen molar-refractivity contribution in [3.63, 3.8) is 0 Å². The van der Waals surface area contributed by atoms with Gasteiger partial charge in [-0.1, -0.05) is 36.4 Å². The molecule has 0 saturated carbocycles. The lowest BCUT2D eigenvalue weighted by atomic mass is 10.1. The van der Waals surface area contributed by atoms with E-state index in [9.17, 15) is 9.59 Å². The molecule has 3 rings (SSSR count). The maximum absolute atomic E-state index is 12.5. The van der Waals surface area contributed by atoms with E-state index in [0.29, 0.717) is 0 Å². The molecule has 0 radical (unpaired) electrons. The number of nitrogens with one attached hydrogen (secondary N) is 1. The third kappa shape index (κ3) is 2.99. The molecule has 3 aromatic rings. The number of nitrogens with zero attached hydrogens (tertiary/aromatic N) is 2. The van der Waals surface area contributed by atoms with E-state index in [-0.39, 0.29) is 23.2 Å². The van der Waals surface area contributed by atoms with Crippen LogP contribution in [-0.4, -0.2) is 15.7 Å². The summed E-state index contributed by atoms with van der Waals surface area (Å²) >= 11 is 0. The quantitative estimate of drug-likeness (QED) is 0.808. The van der Waals surface area contributed by atoms with Crippen molar-refractivity contribution in [3.05, 3.63) is 70.6 Å². The summed E-state index contributed by atoms with van der Waals surface area (Å²) in [6.07, 6.45) is 0. The maximum Gasteiger partial charge on any atom is 0.276 e. The SMILES string of the molecule is CC(C)n1nc(C(=O)Nc2cccc3ccccc23)ccc1=O. The van der Waals surface area contributed by atoms with Crippen molar-refractivity contribution in [3.8, 4) is 0 Å². The maximum atomic E-state index is 12.5. The summed E-state index contributed by atoms with van der Waals surface area (Å²) in [7, 11) is 0. The number of hydrogen-bond acceptors (Lipinski definition) is 3. The largest absolute Gasteiger partial charge is 0.320 e. The van der Waals surface area contributed by atoms with Gasteiger partial charge in [0.2, 0.25) is 0 Å². The molecule has 0 fully saturated rings. The van der Waals surface area contributed by atoms with E-state index in [1.54, 1.807) is 0 Å². The molecular weight excluding hydrogens is 290 g/mol.